The van der Waals surface area contributed by atoms with Gasteiger partial charge in [-0.15, -0.1) is 18.3 Å². The van der Waals surface area contributed by atoms with E-state index in [0.29, 0.717) is 28.3 Å². The third-order valence-electron chi connectivity index (χ3n) is 7.53. The number of amidine groups is 1. The van der Waals surface area contributed by atoms with Gasteiger partial charge in [-0.05, 0) is 66.8 Å². The number of aliphatic imine (C=N–C) groups is 2. The number of carbonyl (C=O) groups excluding carboxylic acids is 1. The lowest BCUT2D eigenvalue weighted by atomic mass is 9.95. The van der Waals surface area contributed by atoms with E-state index in [1.54, 1.807) is 11.8 Å². The number of alkyl halides is 3. The van der Waals surface area contributed by atoms with Crippen molar-refractivity contribution in [3.63, 3.8) is 0 Å². The Morgan fingerprint density at radius 3 is 2.40 bits per heavy atom. The van der Waals surface area contributed by atoms with Crippen molar-refractivity contribution in [3.8, 4) is 22.8 Å². The molecule has 1 aliphatic heterocycles. The van der Waals surface area contributed by atoms with Crippen LogP contribution in [0.2, 0.25) is 0 Å². The van der Waals surface area contributed by atoms with Gasteiger partial charge in [0.2, 0.25) is 0 Å². The first kappa shape index (κ1) is 32.0. The van der Waals surface area contributed by atoms with Crippen LogP contribution in [0.15, 0.2) is 83.0 Å². The summed E-state index contributed by atoms with van der Waals surface area (Å²) in [4.78, 5) is 28.1. The molecule has 1 fully saturated rings. The molecule has 12 heteroatoms. The predicted molar refractivity (Wildman–Crippen MR) is 173 cm³/mol. The van der Waals surface area contributed by atoms with Crippen molar-refractivity contribution in [3.05, 3.63) is 89.7 Å². The van der Waals surface area contributed by atoms with Crippen molar-refractivity contribution in [1.29, 1.82) is 0 Å². The van der Waals surface area contributed by atoms with Gasteiger partial charge in [0.1, 0.15) is 12.1 Å². The van der Waals surface area contributed by atoms with E-state index in [1.807, 2.05) is 44.2 Å². The average Bonchev–Trinajstić information content (AvgIpc) is 3.66. The van der Waals surface area contributed by atoms with Gasteiger partial charge in [0.15, 0.2) is 11.0 Å². The standard InChI is InChI=1S/C33H33F3N6O2S/c1-20(2)29-21(3)7-6-8-28(29)41-17-18-45-32(41)39-31(43)38-23(5)22(4)24-9-11-25(12-10-24)30-37-19-42(40-30)26-13-15-27(16-14-26)44-33(34,35)36/h6-16,19-20,22H,17-18H2,1-5H3. The molecule has 2 heterocycles. The maximum absolute atomic E-state index is 13.0. The third kappa shape index (κ3) is 7.62. The van der Waals surface area contributed by atoms with Crippen molar-refractivity contribution in [2.45, 2.75) is 52.8 Å². The van der Waals surface area contributed by atoms with Gasteiger partial charge >= 0.3 is 12.4 Å². The lowest BCUT2D eigenvalue weighted by Crippen LogP contribution is -2.26. The fourth-order valence-electron chi connectivity index (χ4n) is 5.21. The van der Waals surface area contributed by atoms with E-state index in [2.05, 4.69) is 62.6 Å². The molecule has 3 aromatic carbocycles. The van der Waals surface area contributed by atoms with Crippen LogP contribution in [0.25, 0.3) is 17.1 Å². The van der Waals surface area contributed by atoms with Crippen LogP contribution in [0.4, 0.5) is 23.7 Å². The van der Waals surface area contributed by atoms with Crippen molar-refractivity contribution >= 4 is 34.4 Å². The Labute approximate surface area is 264 Å². The molecule has 0 N–H and O–H groups in total. The van der Waals surface area contributed by atoms with Gasteiger partial charge in [0.25, 0.3) is 0 Å². The molecule has 1 unspecified atom stereocenters. The smallest absolute Gasteiger partial charge is 0.406 e. The number of urea groups is 1. The van der Waals surface area contributed by atoms with E-state index >= 15 is 0 Å². The predicted octanol–water partition coefficient (Wildman–Crippen LogP) is 8.56. The van der Waals surface area contributed by atoms with Crippen LogP contribution >= 0.6 is 11.8 Å². The Kier molecular flexibility index (Phi) is 9.42. The van der Waals surface area contributed by atoms with Crippen molar-refractivity contribution in [1.82, 2.24) is 14.8 Å². The first-order valence-electron chi connectivity index (χ1n) is 14.5. The Morgan fingerprint density at radius 2 is 1.73 bits per heavy atom. The summed E-state index contributed by atoms with van der Waals surface area (Å²) >= 11 is 1.56. The molecular formula is C33H33F3N6O2S. The summed E-state index contributed by atoms with van der Waals surface area (Å²) in [5.74, 6) is 1.19. The number of nitrogens with zero attached hydrogens (tertiary/aromatic N) is 6. The highest BCUT2D eigenvalue weighted by Crippen LogP contribution is 2.35. The van der Waals surface area contributed by atoms with Gasteiger partial charge in [-0.3, -0.25) is 0 Å². The number of amides is 2. The van der Waals surface area contributed by atoms with E-state index < -0.39 is 12.4 Å². The topological polar surface area (TPSA) is 85.0 Å². The number of hydrogen-bond acceptors (Lipinski definition) is 5. The van der Waals surface area contributed by atoms with Crippen molar-refractivity contribution in [2.75, 3.05) is 17.2 Å². The van der Waals surface area contributed by atoms with Gasteiger partial charge in [0.05, 0.1) is 5.69 Å². The first-order valence-corrected chi connectivity index (χ1v) is 15.4. The van der Waals surface area contributed by atoms with E-state index in [4.69, 9.17) is 0 Å². The second-order valence-corrected chi connectivity index (χ2v) is 12.1. The quantitative estimate of drug-likeness (QED) is 0.189. The summed E-state index contributed by atoms with van der Waals surface area (Å²) in [6, 6.07) is 18.7. The highest BCUT2D eigenvalue weighted by atomic mass is 32.2. The molecule has 5 rings (SSSR count). The number of carbonyl (C=O) groups is 1. The maximum atomic E-state index is 13.0. The Morgan fingerprint density at radius 1 is 1.02 bits per heavy atom. The summed E-state index contributed by atoms with van der Waals surface area (Å²) in [6.45, 7) is 11.0. The molecule has 1 aliphatic rings. The molecule has 8 nitrogen and oxygen atoms in total. The molecule has 0 aliphatic carbocycles. The number of anilines is 1. The van der Waals surface area contributed by atoms with E-state index in [-0.39, 0.29) is 11.7 Å². The SMILES string of the molecule is CC(=NC(=O)N=C1SCCN1c1cccc(C)c1C(C)C)C(C)c1ccc(-c2ncn(-c3ccc(OC(F)(F)F)cc3)n2)cc1. The Hall–Kier alpha value is -4.45. The van der Waals surface area contributed by atoms with Crippen LogP contribution in [-0.2, 0) is 0 Å². The normalized spacial score (nSPS) is 15.6. The molecular weight excluding hydrogens is 601 g/mol. The second-order valence-electron chi connectivity index (χ2n) is 11.0. The molecule has 45 heavy (non-hydrogen) atoms. The average molecular weight is 635 g/mol. The first-order chi connectivity index (χ1) is 21.4. The minimum Gasteiger partial charge on any atom is -0.406 e. The molecule has 0 bridgehead atoms. The second kappa shape index (κ2) is 13.3. The number of thioether (sulfide) groups is 1. The summed E-state index contributed by atoms with van der Waals surface area (Å²) in [5, 5.41) is 5.12. The number of rotatable bonds is 7. The summed E-state index contributed by atoms with van der Waals surface area (Å²) < 4.78 is 42.7. The molecule has 1 aromatic heterocycles. The molecule has 234 valence electrons. The minimum atomic E-state index is -4.75. The Balaban J connectivity index is 1.26. The van der Waals surface area contributed by atoms with Crippen LogP contribution in [0.3, 0.4) is 0 Å². The molecule has 2 amide bonds. The monoisotopic (exact) mass is 634 g/mol. The number of aryl methyl sites for hydroxylation is 1. The maximum Gasteiger partial charge on any atom is 0.573 e. The fraction of sp³-hybridized carbons (Fsp3) is 0.303. The van der Waals surface area contributed by atoms with Gasteiger partial charge < -0.3 is 9.64 Å². The lowest BCUT2D eigenvalue weighted by Gasteiger charge is -2.24. The van der Waals surface area contributed by atoms with Crippen LogP contribution in [0.1, 0.15) is 56.2 Å². The summed E-state index contributed by atoms with van der Waals surface area (Å²) in [7, 11) is 0. The van der Waals surface area contributed by atoms with Crippen LogP contribution in [0, 0.1) is 6.92 Å². The largest absolute Gasteiger partial charge is 0.573 e. The van der Waals surface area contributed by atoms with Crippen LogP contribution in [-0.4, -0.2) is 50.3 Å². The van der Waals surface area contributed by atoms with Gasteiger partial charge in [-0.25, -0.2) is 19.5 Å². The highest BCUT2D eigenvalue weighted by molar-refractivity contribution is 8.14. The molecule has 1 saturated heterocycles. The van der Waals surface area contributed by atoms with Crippen LogP contribution in [0.5, 0.6) is 5.75 Å². The summed E-state index contributed by atoms with van der Waals surface area (Å²) in [6.07, 6.45) is -3.27. The molecule has 1 atom stereocenters. The number of halogens is 3. The van der Waals surface area contributed by atoms with E-state index in [1.165, 1.54) is 46.4 Å². The van der Waals surface area contributed by atoms with Crippen LogP contribution < -0.4 is 9.64 Å². The minimum absolute atomic E-state index is 0.136. The Bertz CT molecular complexity index is 1730. The lowest BCUT2D eigenvalue weighted by molar-refractivity contribution is -0.274. The fourth-order valence-corrected chi connectivity index (χ4v) is 6.15. The molecule has 0 radical (unpaired) electrons. The van der Waals surface area contributed by atoms with Gasteiger partial charge in [-0.1, -0.05) is 68.9 Å². The van der Waals surface area contributed by atoms with E-state index in [0.717, 1.165) is 29.1 Å². The number of aromatic nitrogens is 3. The number of ether oxygens (including phenoxy) is 1. The molecule has 0 spiro atoms. The van der Waals surface area contributed by atoms with Crippen molar-refractivity contribution < 1.29 is 22.7 Å². The van der Waals surface area contributed by atoms with E-state index in [9.17, 15) is 18.0 Å². The zero-order valence-electron chi connectivity index (χ0n) is 25.5. The molecule has 0 saturated carbocycles. The third-order valence-corrected chi connectivity index (χ3v) is 8.49. The molecule has 4 aromatic rings. The van der Waals surface area contributed by atoms with Gasteiger partial charge in [0, 0.05) is 35.2 Å². The number of hydrogen-bond donors (Lipinski definition) is 0. The van der Waals surface area contributed by atoms with Gasteiger partial charge in [-0.2, -0.15) is 4.99 Å². The summed E-state index contributed by atoms with van der Waals surface area (Å²) in [5.41, 5.74) is 6.46. The zero-order valence-corrected chi connectivity index (χ0v) is 26.4. The number of benzene rings is 3. The zero-order chi connectivity index (χ0) is 32.3. The highest BCUT2D eigenvalue weighted by Gasteiger charge is 2.31. The van der Waals surface area contributed by atoms with Crippen molar-refractivity contribution in [2.24, 2.45) is 9.98 Å².